The van der Waals surface area contributed by atoms with Crippen LogP contribution < -0.4 is 10.2 Å². The van der Waals surface area contributed by atoms with Gasteiger partial charge < -0.3 is 14.8 Å². The maximum absolute atomic E-state index is 4.46. The molecule has 0 saturated heterocycles. The predicted octanol–water partition coefficient (Wildman–Crippen LogP) is 2.92. The van der Waals surface area contributed by atoms with Crippen LogP contribution in [0.2, 0.25) is 0 Å². The smallest absolute Gasteiger partial charge is 0.128 e. The minimum atomic E-state index is 0.738. The number of nitrogens with one attached hydrogen (secondary N) is 1. The van der Waals surface area contributed by atoms with Crippen LogP contribution >= 0.6 is 15.9 Å². The van der Waals surface area contributed by atoms with Gasteiger partial charge in [-0.3, -0.25) is 0 Å². The highest BCUT2D eigenvalue weighted by molar-refractivity contribution is 9.10. The highest BCUT2D eigenvalue weighted by Gasteiger charge is 2.22. The summed E-state index contributed by atoms with van der Waals surface area (Å²) in [5.41, 5.74) is 2.71. The molecule has 4 rings (SSSR count). The molecule has 0 bridgehead atoms. The first-order chi connectivity index (χ1) is 10.3. The van der Waals surface area contributed by atoms with E-state index in [0.717, 1.165) is 42.5 Å². The van der Waals surface area contributed by atoms with Crippen molar-refractivity contribution in [2.75, 3.05) is 11.4 Å². The van der Waals surface area contributed by atoms with Crippen molar-refractivity contribution in [3.05, 3.63) is 46.5 Å². The Morgan fingerprint density at radius 2 is 2.19 bits per heavy atom. The number of hydrogen-bond acceptors (Lipinski definition) is 3. The molecule has 0 unspecified atom stereocenters. The maximum atomic E-state index is 4.46. The summed E-state index contributed by atoms with van der Waals surface area (Å²) in [7, 11) is 0. The van der Waals surface area contributed by atoms with Gasteiger partial charge in [0.05, 0.1) is 6.54 Å². The Hall–Kier alpha value is -1.33. The number of nitrogens with zero attached hydrogens (tertiary/aromatic N) is 3. The van der Waals surface area contributed by atoms with Crippen LogP contribution in [0.25, 0.3) is 0 Å². The molecule has 2 aromatic rings. The Kier molecular flexibility index (Phi) is 3.47. The van der Waals surface area contributed by atoms with Gasteiger partial charge in [-0.15, -0.1) is 0 Å². The van der Waals surface area contributed by atoms with Crippen molar-refractivity contribution in [2.45, 2.75) is 38.5 Å². The summed E-state index contributed by atoms with van der Waals surface area (Å²) >= 11 is 3.61. The summed E-state index contributed by atoms with van der Waals surface area (Å²) in [5, 5.41) is 3.62. The van der Waals surface area contributed by atoms with E-state index in [1.165, 1.54) is 24.1 Å². The molecule has 110 valence electrons. The number of halogens is 1. The number of anilines is 1. The Morgan fingerprint density at radius 1 is 1.29 bits per heavy atom. The summed E-state index contributed by atoms with van der Waals surface area (Å²) in [6, 6.07) is 7.35. The first kappa shape index (κ1) is 13.3. The van der Waals surface area contributed by atoms with Crippen molar-refractivity contribution in [3.63, 3.8) is 0 Å². The molecule has 0 atom stereocenters. The molecule has 1 aromatic carbocycles. The molecule has 2 aliphatic rings. The second-order valence-corrected chi connectivity index (χ2v) is 6.80. The van der Waals surface area contributed by atoms with Gasteiger partial charge in [-0.05, 0) is 30.5 Å². The van der Waals surface area contributed by atoms with Gasteiger partial charge >= 0.3 is 0 Å². The molecule has 0 radical (unpaired) electrons. The lowest BCUT2D eigenvalue weighted by Gasteiger charge is -2.31. The third-order valence-electron chi connectivity index (χ3n) is 4.29. The van der Waals surface area contributed by atoms with Gasteiger partial charge in [0.25, 0.3) is 0 Å². The van der Waals surface area contributed by atoms with Crippen LogP contribution in [0.5, 0.6) is 0 Å². The summed E-state index contributed by atoms with van der Waals surface area (Å²) < 4.78 is 3.39. The fourth-order valence-corrected chi connectivity index (χ4v) is 3.25. The number of rotatable bonds is 4. The molecule has 4 nitrogen and oxygen atoms in total. The van der Waals surface area contributed by atoms with Crippen LogP contribution in [0.15, 0.2) is 35.1 Å². The monoisotopic (exact) mass is 346 g/mol. The summed E-state index contributed by atoms with van der Waals surface area (Å²) in [6.45, 7) is 3.89. The van der Waals surface area contributed by atoms with E-state index in [1.54, 1.807) is 0 Å². The fraction of sp³-hybridized carbons (Fsp3) is 0.438. The first-order valence-electron chi connectivity index (χ1n) is 7.56. The number of hydrogen-bond donors (Lipinski definition) is 1. The van der Waals surface area contributed by atoms with Gasteiger partial charge in [0.1, 0.15) is 5.82 Å². The van der Waals surface area contributed by atoms with Crippen molar-refractivity contribution in [1.82, 2.24) is 14.9 Å². The zero-order valence-corrected chi connectivity index (χ0v) is 13.5. The Bertz CT molecular complexity index is 647. The second kappa shape index (κ2) is 5.46. The minimum Gasteiger partial charge on any atom is -0.362 e. The highest BCUT2D eigenvalue weighted by atomic mass is 79.9. The van der Waals surface area contributed by atoms with Gasteiger partial charge in [0.15, 0.2) is 0 Å². The van der Waals surface area contributed by atoms with Crippen molar-refractivity contribution in [2.24, 2.45) is 0 Å². The summed E-state index contributed by atoms with van der Waals surface area (Å²) in [6.07, 6.45) is 6.62. The molecule has 1 aromatic heterocycles. The van der Waals surface area contributed by atoms with Crippen molar-refractivity contribution >= 4 is 21.6 Å². The largest absolute Gasteiger partial charge is 0.362 e. The van der Waals surface area contributed by atoms with E-state index in [2.05, 4.69) is 60.1 Å². The predicted molar refractivity (Wildman–Crippen MR) is 87.3 cm³/mol. The van der Waals surface area contributed by atoms with E-state index >= 15 is 0 Å². The van der Waals surface area contributed by atoms with E-state index < -0.39 is 0 Å². The van der Waals surface area contributed by atoms with Crippen LogP contribution in [0, 0.1) is 0 Å². The third-order valence-corrected chi connectivity index (χ3v) is 4.78. The molecule has 1 N–H and O–H groups in total. The fourth-order valence-electron chi connectivity index (χ4n) is 2.90. The van der Waals surface area contributed by atoms with Crippen molar-refractivity contribution in [1.29, 1.82) is 0 Å². The molecule has 5 heteroatoms. The van der Waals surface area contributed by atoms with E-state index in [1.807, 2.05) is 6.20 Å². The zero-order valence-electron chi connectivity index (χ0n) is 11.9. The lowest BCUT2D eigenvalue weighted by Crippen LogP contribution is -2.34. The molecule has 1 saturated carbocycles. The standard InChI is InChI=1S/C16H19BrN4/c17-13-2-1-12(10-19-14-3-4-14)15(9-13)21-8-7-20-6-5-18-16(20)11-21/h1-2,5-6,9,14,19H,3-4,7-8,10-11H2. The van der Waals surface area contributed by atoms with Crippen LogP contribution in [0.4, 0.5) is 5.69 Å². The summed E-state index contributed by atoms with van der Waals surface area (Å²) in [5.74, 6) is 1.15. The highest BCUT2D eigenvalue weighted by Crippen LogP contribution is 2.29. The van der Waals surface area contributed by atoms with Crippen molar-refractivity contribution < 1.29 is 0 Å². The average molecular weight is 347 g/mol. The van der Waals surface area contributed by atoms with E-state index in [0.29, 0.717) is 0 Å². The van der Waals surface area contributed by atoms with Gasteiger partial charge in [-0.1, -0.05) is 22.0 Å². The normalized spacial score (nSPS) is 17.9. The van der Waals surface area contributed by atoms with Crippen LogP contribution in [0.1, 0.15) is 24.2 Å². The topological polar surface area (TPSA) is 33.1 Å². The van der Waals surface area contributed by atoms with Crippen LogP contribution in [-0.4, -0.2) is 22.1 Å². The zero-order chi connectivity index (χ0) is 14.2. The maximum Gasteiger partial charge on any atom is 0.128 e. The molecule has 0 amide bonds. The SMILES string of the molecule is Brc1ccc(CNC2CC2)c(N2CCn3ccnc3C2)c1. The number of imidazole rings is 1. The van der Waals surface area contributed by atoms with Gasteiger partial charge in [0, 0.05) is 48.2 Å². The Morgan fingerprint density at radius 3 is 3.05 bits per heavy atom. The molecular weight excluding hydrogens is 328 g/mol. The second-order valence-electron chi connectivity index (χ2n) is 5.89. The molecule has 2 heterocycles. The third kappa shape index (κ3) is 2.85. The van der Waals surface area contributed by atoms with E-state index in [9.17, 15) is 0 Å². The van der Waals surface area contributed by atoms with Gasteiger partial charge in [0.2, 0.25) is 0 Å². The van der Waals surface area contributed by atoms with Crippen LogP contribution in [-0.2, 0) is 19.6 Å². The Labute approximate surface area is 133 Å². The van der Waals surface area contributed by atoms with E-state index in [4.69, 9.17) is 0 Å². The quantitative estimate of drug-likeness (QED) is 0.923. The molecular formula is C16H19BrN4. The van der Waals surface area contributed by atoms with Gasteiger partial charge in [-0.2, -0.15) is 0 Å². The molecule has 1 fully saturated rings. The molecule has 1 aliphatic heterocycles. The number of aromatic nitrogens is 2. The molecule has 0 spiro atoms. The number of fused-ring (bicyclic) bond motifs is 1. The Balaban J connectivity index is 1.59. The summed E-state index contributed by atoms with van der Waals surface area (Å²) in [4.78, 5) is 6.90. The van der Waals surface area contributed by atoms with Crippen molar-refractivity contribution in [3.8, 4) is 0 Å². The minimum absolute atomic E-state index is 0.738. The first-order valence-corrected chi connectivity index (χ1v) is 8.36. The lowest BCUT2D eigenvalue weighted by atomic mass is 10.1. The van der Waals surface area contributed by atoms with Gasteiger partial charge in [-0.25, -0.2) is 4.98 Å². The van der Waals surface area contributed by atoms with E-state index in [-0.39, 0.29) is 0 Å². The molecule has 1 aliphatic carbocycles. The molecule has 21 heavy (non-hydrogen) atoms. The lowest BCUT2D eigenvalue weighted by molar-refractivity contribution is 0.557. The average Bonchev–Trinajstić information content (AvgIpc) is 3.21. The van der Waals surface area contributed by atoms with Crippen LogP contribution in [0.3, 0.4) is 0 Å². The number of benzene rings is 1.